The second-order valence-corrected chi connectivity index (χ2v) is 7.08. The number of anilines is 1. The Kier molecular flexibility index (Phi) is 4.84. The zero-order chi connectivity index (χ0) is 20.5. The van der Waals surface area contributed by atoms with Gasteiger partial charge < -0.3 is 10.2 Å². The number of carbonyl (C=O) groups excluding carboxylic acids is 2. The fourth-order valence-corrected chi connectivity index (χ4v) is 3.44. The van der Waals surface area contributed by atoms with E-state index in [0.717, 1.165) is 11.1 Å². The molecule has 7 nitrogen and oxygen atoms in total. The number of hydrogen-bond acceptors (Lipinski definition) is 4. The Morgan fingerprint density at radius 2 is 2.00 bits per heavy atom. The van der Waals surface area contributed by atoms with Crippen LogP contribution < -0.4 is 10.2 Å². The molecule has 2 aromatic heterocycles. The molecule has 3 aromatic rings. The summed E-state index contributed by atoms with van der Waals surface area (Å²) in [7, 11) is 3.40. The van der Waals surface area contributed by atoms with Crippen LogP contribution in [-0.2, 0) is 24.8 Å². The smallest absolute Gasteiger partial charge is 0.254 e. The summed E-state index contributed by atoms with van der Waals surface area (Å²) in [5.41, 5.74) is 3.81. The number of nitrogens with one attached hydrogen (secondary N) is 1. The van der Waals surface area contributed by atoms with E-state index in [4.69, 9.17) is 0 Å². The van der Waals surface area contributed by atoms with Gasteiger partial charge in [0.2, 0.25) is 5.91 Å². The molecular formula is C21H20FN5O2. The molecule has 1 aliphatic rings. The van der Waals surface area contributed by atoms with Gasteiger partial charge in [0, 0.05) is 62.5 Å². The normalized spacial score (nSPS) is 13.3. The Morgan fingerprint density at radius 3 is 2.76 bits per heavy atom. The molecule has 2 amide bonds. The van der Waals surface area contributed by atoms with E-state index in [0.29, 0.717) is 35.2 Å². The van der Waals surface area contributed by atoms with Crippen molar-refractivity contribution in [1.29, 1.82) is 0 Å². The third-order valence-electron chi connectivity index (χ3n) is 5.04. The SMILES string of the molecule is CN1C(=O)CCc2cc(-c3cncc(CNC(=O)c4cnn(C)c4)c3)c(F)cc21. The van der Waals surface area contributed by atoms with Crippen molar-refractivity contribution in [3.05, 3.63) is 65.5 Å². The number of aryl methyl sites for hydroxylation is 2. The lowest BCUT2D eigenvalue weighted by atomic mass is 9.96. The van der Waals surface area contributed by atoms with E-state index < -0.39 is 5.82 Å². The largest absolute Gasteiger partial charge is 0.348 e. The Bertz CT molecular complexity index is 1110. The first-order valence-electron chi connectivity index (χ1n) is 9.22. The molecule has 0 aliphatic carbocycles. The van der Waals surface area contributed by atoms with Crippen LogP contribution in [0.15, 0.2) is 43.0 Å². The topological polar surface area (TPSA) is 80.1 Å². The maximum Gasteiger partial charge on any atom is 0.254 e. The van der Waals surface area contributed by atoms with Crippen molar-refractivity contribution >= 4 is 17.5 Å². The highest BCUT2D eigenvalue weighted by atomic mass is 19.1. The molecule has 8 heteroatoms. The molecule has 29 heavy (non-hydrogen) atoms. The summed E-state index contributed by atoms with van der Waals surface area (Å²) in [6.45, 7) is 0.262. The number of halogens is 1. The number of amides is 2. The summed E-state index contributed by atoms with van der Waals surface area (Å²) in [5, 5.41) is 6.79. The Hall–Kier alpha value is -3.55. The van der Waals surface area contributed by atoms with E-state index in [9.17, 15) is 14.0 Å². The minimum Gasteiger partial charge on any atom is -0.348 e. The van der Waals surface area contributed by atoms with Crippen molar-refractivity contribution in [2.45, 2.75) is 19.4 Å². The summed E-state index contributed by atoms with van der Waals surface area (Å²) in [6.07, 6.45) is 7.35. The van der Waals surface area contributed by atoms with Crippen LogP contribution in [0.1, 0.15) is 27.9 Å². The van der Waals surface area contributed by atoms with Crippen LogP contribution in [0.4, 0.5) is 10.1 Å². The lowest BCUT2D eigenvalue weighted by Crippen LogP contribution is -2.31. The average Bonchev–Trinajstić information content (AvgIpc) is 3.16. The number of pyridine rings is 1. The molecule has 148 valence electrons. The number of aromatic nitrogens is 3. The Balaban J connectivity index is 1.56. The minimum absolute atomic E-state index is 0.0160. The van der Waals surface area contributed by atoms with Gasteiger partial charge in [-0.25, -0.2) is 4.39 Å². The Labute approximate surface area is 167 Å². The van der Waals surface area contributed by atoms with Gasteiger partial charge in [-0.05, 0) is 35.7 Å². The minimum atomic E-state index is -0.413. The highest BCUT2D eigenvalue weighted by molar-refractivity contribution is 5.96. The lowest BCUT2D eigenvalue weighted by Gasteiger charge is -2.26. The standard InChI is InChI=1S/C21H20FN5O2/c1-26-12-16(11-25-26)21(29)24-9-13-5-15(10-23-8-13)17-6-14-3-4-20(28)27(2)19(14)7-18(17)22/h5-8,10-12H,3-4,9H2,1-2H3,(H,24,29). The monoisotopic (exact) mass is 393 g/mol. The molecule has 0 saturated heterocycles. The van der Waals surface area contributed by atoms with Crippen LogP contribution in [0, 0.1) is 5.82 Å². The number of rotatable bonds is 4. The molecule has 0 bridgehead atoms. The Morgan fingerprint density at radius 1 is 1.17 bits per heavy atom. The summed E-state index contributed by atoms with van der Waals surface area (Å²) in [5.74, 6) is -0.669. The molecule has 1 aliphatic heterocycles. The van der Waals surface area contributed by atoms with Gasteiger partial charge in [-0.3, -0.25) is 19.3 Å². The van der Waals surface area contributed by atoms with Gasteiger partial charge >= 0.3 is 0 Å². The average molecular weight is 393 g/mol. The number of benzene rings is 1. The van der Waals surface area contributed by atoms with Gasteiger partial charge in [0.25, 0.3) is 5.91 Å². The van der Waals surface area contributed by atoms with Gasteiger partial charge in [-0.2, -0.15) is 5.10 Å². The quantitative estimate of drug-likeness (QED) is 0.738. The van der Waals surface area contributed by atoms with Crippen molar-refractivity contribution in [2.24, 2.45) is 7.05 Å². The number of nitrogens with zero attached hydrogens (tertiary/aromatic N) is 4. The van der Waals surface area contributed by atoms with E-state index in [1.54, 1.807) is 49.5 Å². The maximum absolute atomic E-state index is 14.8. The van der Waals surface area contributed by atoms with Crippen LogP contribution in [0.5, 0.6) is 0 Å². The third kappa shape index (κ3) is 3.73. The highest BCUT2D eigenvalue weighted by Crippen LogP contribution is 2.33. The second-order valence-electron chi connectivity index (χ2n) is 7.08. The van der Waals surface area contributed by atoms with Gasteiger partial charge in [-0.1, -0.05) is 0 Å². The van der Waals surface area contributed by atoms with E-state index in [1.807, 2.05) is 0 Å². The van der Waals surface area contributed by atoms with Crippen LogP contribution in [0.25, 0.3) is 11.1 Å². The molecule has 0 fully saturated rings. The number of carbonyl (C=O) groups is 2. The second kappa shape index (κ2) is 7.46. The molecular weight excluding hydrogens is 373 g/mol. The molecule has 0 spiro atoms. The number of hydrogen-bond donors (Lipinski definition) is 1. The fourth-order valence-electron chi connectivity index (χ4n) is 3.44. The third-order valence-corrected chi connectivity index (χ3v) is 5.04. The zero-order valence-corrected chi connectivity index (χ0v) is 16.1. The predicted molar refractivity (Wildman–Crippen MR) is 106 cm³/mol. The molecule has 1 aromatic carbocycles. The first-order chi connectivity index (χ1) is 13.9. The molecule has 4 rings (SSSR count). The van der Waals surface area contributed by atoms with Crippen molar-refractivity contribution < 1.29 is 14.0 Å². The molecule has 0 saturated carbocycles. The van der Waals surface area contributed by atoms with Crippen molar-refractivity contribution in [2.75, 3.05) is 11.9 Å². The van der Waals surface area contributed by atoms with Crippen molar-refractivity contribution in [1.82, 2.24) is 20.1 Å². The summed E-state index contributed by atoms with van der Waals surface area (Å²) < 4.78 is 16.3. The van der Waals surface area contributed by atoms with Crippen LogP contribution >= 0.6 is 0 Å². The molecule has 3 heterocycles. The van der Waals surface area contributed by atoms with E-state index >= 15 is 0 Å². The zero-order valence-electron chi connectivity index (χ0n) is 16.1. The van der Waals surface area contributed by atoms with Gasteiger partial charge in [0.15, 0.2) is 0 Å². The highest BCUT2D eigenvalue weighted by Gasteiger charge is 2.23. The molecule has 1 N–H and O–H groups in total. The lowest BCUT2D eigenvalue weighted by molar-refractivity contribution is -0.118. The van der Waals surface area contributed by atoms with E-state index in [2.05, 4.69) is 15.4 Å². The van der Waals surface area contributed by atoms with Crippen LogP contribution in [0.3, 0.4) is 0 Å². The predicted octanol–water partition coefficient (Wildman–Crippen LogP) is 2.46. The van der Waals surface area contributed by atoms with E-state index in [1.165, 1.54) is 17.2 Å². The summed E-state index contributed by atoms with van der Waals surface area (Å²) >= 11 is 0. The van der Waals surface area contributed by atoms with Gasteiger partial charge in [-0.15, -0.1) is 0 Å². The molecule has 0 unspecified atom stereocenters. The first kappa shape index (κ1) is 18.8. The summed E-state index contributed by atoms with van der Waals surface area (Å²) in [4.78, 5) is 29.7. The van der Waals surface area contributed by atoms with Gasteiger partial charge in [0.1, 0.15) is 5.82 Å². The van der Waals surface area contributed by atoms with E-state index in [-0.39, 0.29) is 18.4 Å². The van der Waals surface area contributed by atoms with Crippen molar-refractivity contribution in [3.8, 4) is 11.1 Å². The number of fused-ring (bicyclic) bond motifs is 1. The van der Waals surface area contributed by atoms with Gasteiger partial charge in [0.05, 0.1) is 11.8 Å². The first-order valence-corrected chi connectivity index (χ1v) is 9.22. The molecule has 0 radical (unpaired) electrons. The summed E-state index contributed by atoms with van der Waals surface area (Å²) in [6, 6.07) is 4.99. The molecule has 0 atom stereocenters. The fraction of sp³-hybridized carbons (Fsp3) is 0.238. The van der Waals surface area contributed by atoms with Crippen molar-refractivity contribution in [3.63, 3.8) is 0 Å². The maximum atomic E-state index is 14.8. The van der Waals surface area contributed by atoms with Crippen LogP contribution in [0.2, 0.25) is 0 Å². The van der Waals surface area contributed by atoms with Crippen LogP contribution in [-0.4, -0.2) is 33.6 Å².